The van der Waals surface area contributed by atoms with Crippen molar-refractivity contribution in [3.05, 3.63) is 48.0 Å². The number of carbonyl (C=O) groups excluding carboxylic acids is 3. The van der Waals surface area contributed by atoms with Gasteiger partial charge in [0.2, 0.25) is 5.91 Å². The van der Waals surface area contributed by atoms with Crippen LogP contribution in [0.15, 0.2) is 42.5 Å². The first-order valence-corrected chi connectivity index (χ1v) is 8.50. The smallest absolute Gasteiger partial charge is 0.265 e. The Balaban J connectivity index is 1.68. The number of nitrogens with zero attached hydrogens (tertiary/aromatic N) is 1. The third kappa shape index (κ3) is 4.25. The molecule has 0 unspecified atom stereocenters. The van der Waals surface area contributed by atoms with Gasteiger partial charge in [-0.1, -0.05) is 0 Å². The molecule has 0 aliphatic carbocycles. The number of rotatable bonds is 6. The Morgan fingerprint density at radius 2 is 1.93 bits per heavy atom. The first kappa shape index (κ1) is 18.4. The van der Waals surface area contributed by atoms with E-state index < -0.39 is 0 Å². The molecule has 0 fully saturated rings. The van der Waals surface area contributed by atoms with Gasteiger partial charge in [0.15, 0.2) is 12.4 Å². The highest BCUT2D eigenvalue weighted by Crippen LogP contribution is 2.33. The van der Waals surface area contributed by atoms with Gasteiger partial charge in [0.1, 0.15) is 11.5 Å². The fourth-order valence-electron chi connectivity index (χ4n) is 2.78. The quantitative estimate of drug-likeness (QED) is 0.793. The standard InChI is InChI=1S/C20H20N2O5/c1-13(23)14-3-8-18-17(11-14)22(20(25)12-27-18)10-9-19(24)21-15-4-6-16(26-2)7-5-15/h3-8,11H,9-10,12H2,1-2H3,(H,21,24). The molecule has 1 heterocycles. The molecule has 2 aromatic carbocycles. The van der Waals surface area contributed by atoms with Gasteiger partial charge in [-0.2, -0.15) is 0 Å². The second-order valence-corrected chi connectivity index (χ2v) is 6.10. The number of amides is 2. The molecule has 3 rings (SSSR count). The molecule has 0 saturated heterocycles. The predicted molar refractivity (Wildman–Crippen MR) is 101 cm³/mol. The molecule has 0 atom stereocenters. The second-order valence-electron chi connectivity index (χ2n) is 6.10. The summed E-state index contributed by atoms with van der Waals surface area (Å²) in [7, 11) is 1.57. The van der Waals surface area contributed by atoms with Crippen molar-refractivity contribution in [3.8, 4) is 11.5 Å². The number of ether oxygens (including phenoxy) is 2. The van der Waals surface area contributed by atoms with E-state index in [1.165, 1.54) is 11.8 Å². The monoisotopic (exact) mass is 368 g/mol. The number of fused-ring (bicyclic) bond motifs is 1. The lowest BCUT2D eigenvalue weighted by Gasteiger charge is -2.29. The summed E-state index contributed by atoms with van der Waals surface area (Å²) in [5, 5.41) is 2.78. The van der Waals surface area contributed by atoms with Crippen LogP contribution in [-0.4, -0.2) is 37.9 Å². The molecule has 1 N–H and O–H groups in total. The average Bonchev–Trinajstić information content (AvgIpc) is 2.67. The lowest BCUT2D eigenvalue weighted by Crippen LogP contribution is -2.40. The molecule has 1 aliphatic heterocycles. The minimum absolute atomic E-state index is 0.0908. The van der Waals surface area contributed by atoms with Crippen LogP contribution in [0.4, 0.5) is 11.4 Å². The SMILES string of the molecule is COc1ccc(NC(=O)CCN2C(=O)COc3ccc(C(C)=O)cc32)cc1. The van der Waals surface area contributed by atoms with Crippen LogP contribution < -0.4 is 19.7 Å². The summed E-state index contributed by atoms with van der Waals surface area (Å²) in [6.45, 7) is 1.56. The van der Waals surface area contributed by atoms with Gasteiger partial charge < -0.3 is 19.7 Å². The minimum Gasteiger partial charge on any atom is -0.497 e. The molecule has 2 amide bonds. The van der Waals surface area contributed by atoms with Gasteiger partial charge in [-0.05, 0) is 49.4 Å². The average molecular weight is 368 g/mol. The van der Waals surface area contributed by atoms with Gasteiger partial charge in [-0.15, -0.1) is 0 Å². The molecule has 0 radical (unpaired) electrons. The minimum atomic E-state index is -0.250. The second kappa shape index (κ2) is 7.90. The number of carbonyl (C=O) groups is 3. The summed E-state index contributed by atoms with van der Waals surface area (Å²) in [6.07, 6.45) is 0.113. The van der Waals surface area contributed by atoms with Crippen molar-refractivity contribution >= 4 is 29.0 Å². The number of hydrogen-bond acceptors (Lipinski definition) is 5. The van der Waals surface area contributed by atoms with Gasteiger partial charge in [-0.25, -0.2) is 0 Å². The lowest BCUT2D eigenvalue weighted by molar-refractivity contribution is -0.121. The first-order chi connectivity index (χ1) is 13.0. The van der Waals surface area contributed by atoms with Gasteiger partial charge in [0, 0.05) is 24.2 Å². The highest BCUT2D eigenvalue weighted by molar-refractivity contribution is 6.02. The summed E-state index contributed by atoms with van der Waals surface area (Å²) >= 11 is 0. The van der Waals surface area contributed by atoms with Crippen molar-refractivity contribution in [2.24, 2.45) is 0 Å². The molecule has 1 aliphatic rings. The van der Waals surface area contributed by atoms with Crippen LogP contribution in [0.1, 0.15) is 23.7 Å². The third-order valence-electron chi connectivity index (χ3n) is 4.24. The maximum absolute atomic E-state index is 12.2. The number of Topliss-reactive ketones (excluding diaryl/α,β-unsaturated/α-hetero) is 1. The normalized spacial score (nSPS) is 12.8. The van der Waals surface area contributed by atoms with Gasteiger partial charge in [0.25, 0.3) is 5.91 Å². The number of benzene rings is 2. The van der Waals surface area contributed by atoms with Crippen molar-refractivity contribution in [2.75, 3.05) is 30.5 Å². The Morgan fingerprint density at radius 1 is 1.19 bits per heavy atom. The van der Waals surface area contributed by atoms with E-state index in [-0.39, 0.29) is 37.2 Å². The Kier molecular flexibility index (Phi) is 5.40. The molecule has 27 heavy (non-hydrogen) atoms. The summed E-state index contributed by atoms with van der Waals surface area (Å²) in [4.78, 5) is 37.6. The Morgan fingerprint density at radius 3 is 2.59 bits per heavy atom. The van der Waals surface area contributed by atoms with Crippen molar-refractivity contribution in [1.82, 2.24) is 0 Å². The predicted octanol–water partition coefficient (Wildman–Crippen LogP) is 2.65. The molecule has 0 spiro atoms. The zero-order valence-electron chi connectivity index (χ0n) is 15.2. The molecule has 7 heteroatoms. The first-order valence-electron chi connectivity index (χ1n) is 8.50. The number of hydrogen-bond donors (Lipinski definition) is 1. The zero-order valence-corrected chi connectivity index (χ0v) is 15.2. The summed E-state index contributed by atoms with van der Waals surface area (Å²) in [5.74, 6) is 0.650. The van der Waals surface area contributed by atoms with Crippen LogP contribution in [0.5, 0.6) is 11.5 Å². The topological polar surface area (TPSA) is 84.9 Å². The molecule has 140 valence electrons. The molecule has 2 aromatic rings. The number of methoxy groups -OCH3 is 1. The fourth-order valence-corrected chi connectivity index (χ4v) is 2.78. The fraction of sp³-hybridized carbons (Fsp3) is 0.250. The molecule has 0 bridgehead atoms. The number of nitrogens with one attached hydrogen (secondary N) is 1. The van der Waals surface area contributed by atoms with Gasteiger partial charge in [0.05, 0.1) is 12.8 Å². The van der Waals surface area contributed by atoms with E-state index in [0.717, 1.165) is 0 Å². The van der Waals surface area contributed by atoms with E-state index in [4.69, 9.17) is 9.47 Å². The maximum atomic E-state index is 12.2. The zero-order chi connectivity index (χ0) is 19.4. The van der Waals surface area contributed by atoms with E-state index in [1.54, 1.807) is 49.6 Å². The lowest BCUT2D eigenvalue weighted by atomic mass is 10.1. The molecular formula is C20H20N2O5. The van der Waals surface area contributed by atoms with Crippen LogP contribution in [0.3, 0.4) is 0 Å². The van der Waals surface area contributed by atoms with Crippen LogP contribution in [0.25, 0.3) is 0 Å². The third-order valence-corrected chi connectivity index (χ3v) is 4.24. The molecule has 0 aromatic heterocycles. The summed E-state index contributed by atoms with van der Waals surface area (Å²) in [5.41, 5.74) is 1.64. The van der Waals surface area contributed by atoms with E-state index in [0.29, 0.717) is 28.4 Å². The van der Waals surface area contributed by atoms with Crippen molar-refractivity contribution in [1.29, 1.82) is 0 Å². The Labute approximate surface area is 156 Å². The van der Waals surface area contributed by atoms with Crippen LogP contribution >= 0.6 is 0 Å². The van der Waals surface area contributed by atoms with E-state index in [2.05, 4.69) is 5.32 Å². The van der Waals surface area contributed by atoms with E-state index >= 15 is 0 Å². The van der Waals surface area contributed by atoms with E-state index in [1.807, 2.05) is 0 Å². The van der Waals surface area contributed by atoms with Crippen LogP contribution in [-0.2, 0) is 9.59 Å². The van der Waals surface area contributed by atoms with E-state index in [9.17, 15) is 14.4 Å². The summed E-state index contributed by atoms with van der Waals surface area (Å²) in [6, 6.07) is 11.9. The Hall–Kier alpha value is -3.35. The van der Waals surface area contributed by atoms with Crippen molar-refractivity contribution in [3.63, 3.8) is 0 Å². The van der Waals surface area contributed by atoms with Crippen molar-refractivity contribution < 1.29 is 23.9 Å². The highest BCUT2D eigenvalue weighted by Gasteiger charge is 2.26. The maximum Gasteiger partial charge on any atom is 0.265 e. The number of anilines is 2. The Bertz CT molecular complexity index is 876. The van der Waals surface area contributed by atoms with Crippen molar-refractivity contribution in [2.45, 2.75) is 13.3 Å². The number of ketones is 1. The highest BCUT2D eigenvalue weighted by atomic mass is 16.5. The molecule has 7 nitrogen and oxygen atoms in total. The largest absolute Gasteiger partial charge is 0.497 e. The molecular weight excluding hydrogens is 348 g/mol. The van der Waals surface area contributed by atoms with Crippen LogP contribution in [0.2, 0.25) is 0 Å². The summed E-state index contributed by atoms with van der Waals surface area (Å²) < 4.78 is 10.5. The van der Waals surface area contributed by atoms with Gasteiger partial charge in [-0.3, -0.25) is 14.4 Å². The van der Waals surface area contributed by atoms with Crippen LogP contribution in [0, 0.1) is 0 Å². The van der Waals surface area contributed by atoms with Gasteiger partial charge >= 0.3 is 0 Å². The molecule has 0 saturated carbocycles.